The van der Waals surface area contributed by atoms with Gasteiger partial charge in [0.15, 0.2) is 5.96 Å². The largest absolute Gasteiger partial charge is 0.380 e. The minimum Gasteiger partial charge on any atom is -0.380 e. The van der Waals surface area contributed by atoms with Crippen molar-refractivity contribution in [2.75, 3.05) is 12.4 Å². The van der Waals surface area contributed by atoms with E-state index in [1.165, 1.54) is 0 Å². The summed E-state index contributed by atoms with van der Waals surface area (Å²) in [6.07, 6.45) is 1.76. The number of hydrogen-bond acceptors (Lipinski definition) is 3. The average Bonchev–Trinajstić information content (AvgIpc) is 2.49. The predicted octanol–water partition coefficient (Wildman–Crippen LogP) is 2.46. The number of benzene rings is 1. The van der Waals surface area contributed by atoms with Crippen LogP contribution in [0.3, 0.4) is 0 Å². The van der Waals surface area contributed by atoms with E-state index in [1.807, 2.05) is 43.3 Å². The fourth-order valence-electron chi connectivity index (χ4n) is 1.95. The highest BCUT2D eigenvalue weighted by Crippen LogP contribution is 2.15. The highest BCUT2D eigenvalue weighted by molar-refractivity contribution is 5.92. The molecule has 0 spiro atoms. The Labute approximate surface area is 124 Å². The first kappa shape index (κ1) is 15.0. The van der Waals surface area contributed by atoms with Crippen molar-refractivity contribution >= 4 is 11.6 Å². The molecule has 21 heavy (non-hydrogen) atoms. The Morgan fingerprint density at radius 1 is 1.29 bits per heavy atom. The molecule has 0 amide bonds. The zero-order valence-electron chi connectivity index (χ0n) is 12.3. The lowest BCUT2D eigenvalue weighted by Gasteiger charge is -2.11. The van der Waals surface area contributed by atoms with E-state index in [2.05, 4.69) is 15.3 Å². The number of nitrogens with one attached hydrogen (secondary N) is 1. The van der Waals surface area contributed by atoms with Gasteiger partial charge in [-0.15, -0.1) is 0 Å². The van der Waals surface area contributed by atoms with E-state index in [0.29, 0.717) is 19.1 Å². The van der Waals surface area contributed by atoms with Gasteiger partial charge in [-0.2, -0.15) is 0 Å². The SMILES string of the molecule is COCc1ccccc1NC(N)=NCc1ncccc1C. The Morgan fingerprint density at radius 2 is 2.10 bits per heavy atom. The third-order valence-corrected chi connectivity index (χ3v) is 3.10. The van der Waals surface area contributed by atoms with Crippen LogP contribution in [-0.2, 0) is 17.9 Å². The van der Waals surface area contributed by atoms with Crippen molar-refractivity contribution in [2.24, 2.45) is 10.7 Å². The molecule has 0 saturated heterocycles. The van der Waals surface area contributed by atoms with Crippen molar-refractivity contribution in [3.05, 3.63) is 59.4 Å². The van der Waals surface area contributed by atoms with Crippen LogP contribution < -0.4 is 11.1 Å². The van der Waals surface area contributed by atoms with Gasteiger partial charge in [0.1, 0.15) is 0 Å². The molecule has 0 aliphatic carbocycles. The van der Waals surface area contributed by atoms with Gasteiger partial charge in [0.25, 0.3) is 0 Å². The maximum absolute atomic E-state index is 5.94. The molecule has 0 saturated carbocycles. The third kappa shape index (κ3) is 4.29. The van der Waals surface area contributed by atoms with Gasteiger partial charge < -0.3 is 15.8 Å². The number of rotatable bonds is 5. The second-order valence-corrected chi connectivity index (χ2v) is 4.68. The van der Waals surface area contributed by atoms with Crippen LogP contribution in [0.5, 0.6) is 0 Å². The number of hydrogen-bond donors (Lipinski definition) is 2. The van der Waals surface area contributed by atoms with Gasteiger partial charge in [-0.1, -0.05) is 24.3 Å². The molecule has 0 fully saturated rings. The van der Waals surface area contributed by atoms with Gasteiger partial charge in [-0.05, 0) is 24.6 Å². The van der Waals surface area contributed by atoms with Crippen LogP contribution in [0.25, 0.3) is 0 Å². The molecule has 0 aliphatic heterocycles. The number of anilines is 1. The van der Waals surface area contributed by atoms with E-state index in [4.69, 9.17) is 10.5 Å². The van der Waals surface area contributed by atoms with Crippen molar-refractivity contribution < 1.29 is 4.74 Å². The normalized spacial score (nSPS) is 11.4. The topological polar surface area (TPSA) is 72.5 Å². The number of ether oxygens (including phenoxy) is 1. The van der Waals surface area contributed by atoms with Crippen LogP contribution in [0.15, 0.2) is 47.6 Å². The van der Waals surface area contributed by atoms with Crippen molar-refractivity contribution in [2.45, 2.75) is 20.1 Å². The summed E-state index contributed by atoms with van der Waals surface area (Å²) in [4.78, 5) is 8.63. The fraction of sp³-hybridized carbons (Fsp3) is 0.250. The molecule has 0 aliphatic rings. The number of pyridine rings is 1. The molecule has 1 aromatic carbocycles. The lowest BCUT2D eigenvalue weighted by Crippen LogP contribution is -2.23. The maximum Gasteiger partial charge on any atom is 0.193 e. The Morgan fingerprint density at radius 3 is 2.86 bits per heavy atom. The maximum atomic E-state index is 5.94. The molecular formula is C16H20N4O. The summed E-state index contributed by atoms with van der Waals surface area (Å²) in [6.45, 7) is 2.99. The van der Waals surface area contributed by atoms with E-state index in [0.717, 1.165) is 22.5 Å². The second-order valence-electron chi connectivity index (χ2n) is 4.68. The first-order valence-electron chi connectivity index (χ1n) is 6.75. The van der Waals surface area contributed by atoms with Crippen LogP contribution in [-0.4, -0.2) is 18.1 Å². The molecule has 1 aromatic heterocycles. The smallest absolute Gasteiger partial charge is 0.193 e. The Hall–Kier alpha value is -2.40. The van der Waals surface area contributed by atoms with Gasteiger partial charge in [0.2, 0.25) is 0 Å². The Balaban J connectivity index is 2.06. The molecule has 110 valence electrons. The molecule has 5 heteroatoms. The second kappa shape index (κ2) is 7.40. The van der Waals surface area contributed by atoms with E-state index in [1.54, 1.807) is 13.3 Å². The molecule has 0 radical (unpaired) electrons. The number of guanidine groups is 1. The van der Waals surface area contributed by atoms with Gasteiger partial charge >= 0.3 is 0 Å². The summed E-state index contributed by atoms with van der Waals surface area (Å²) >= 11 is 0. The molecule has 2 aromatic rings. The average molecular weight is 284 g/mol. The molecule has 1 heterocycles. The van der Waals surface area contributed by atoms with Crippen LogP contribution in [0.4, 0.5) is 5.69 Å². The standard InChI is InChI=1S/C16H20N4O/c1-12-6-5-9-18-15(12)10-19-16(17)20-14-8-4-3-7-13(14)11-21-2/h3-9H,10-11H2,1-2H3,(H3,17,19,20). The van der Waals surface area contributed by atoms with E-state index < -0.39 is 0 Å². The molecule has 0 bridgehead atoms. The van der Waals surface area contributed by atoms with Gasteiger partial charge in [0.05, 0.1) is 18.8 Å². The van der Waals surface area contributed by atoms with Crippen molar-refractivity contribution in [1.82, 2.24) is 4.98 Å². The van der Waals surface area contributed by atoms with Crippen molar-refractivity contribution in [3.63, 3.8) is 0 Å². The zero-order valence-corrected chi connectivity index (χ0v) is 12.3. The zero-order chi connectivity index (χ0) is 15.1. The first-order valence-corrected chi connectivity index (χ1v) is 6.75. The third-order valence-electron chi connectivity index (χ3n) is 3.10. The summed E-state index contributed by atoms with van der Waals surface area (Å²) in [5, 5.41) is 3.10. The van der Waals surface area contributed by atoms with Gasteiger partial charge in [-0.25, -0.2) is 4.99 Å². The van der Waals surface area contributed by atoms with E-state index in [9.17, 15) is 0 Å². The monoisotopic (exact) mass is 284 g/mol. The first-order chi connectivity index (χ1) is 10.2. The summed E-state index contributed by atoms with van der Waals surface area (Å²) in [5.74, 6) is 0.364. The minimum absolute atomic E-state index is 0.364. The number of nitrogens with two attached hydrogens (primary N) is 1. The molecular weight excluding hydrogens is 264 g/mol. The quantitative estimate of drug-likeness (QED) is 0.653. The van der Waals surface area contributed by atoms with Crippen molar-refractivity contribution in [1.29, 1.82) is 0 Å². The van der Waals surface area contributed by atoms with Gasteiger partial charge in [0, 0.05) is 24.6 Å². The Bertz CT molecular complexity index is 625. The Kier molecular flexibility index (Phi) is 5.29. The number of aliphatic imine (C=N–C) groups is 1. The lowest BCUT2D eigenvalue weighted by molar-refractivity contribution is 0.185. The number of para-hydroxylation sites is 1. The molecule has 0 unspecified atom stereocenters. The number of nitrogens with zero attached hydrogens (tertiary/aromatic N) is 2. The van der Waals surface area contributed by atoms with E-state index >= 15 is 0 Å². The number of aromatic nitrogens is 1. The predicted molar refractivity (Wildman–Crippen MR) is 85.1 cm³/mol. The number of aryl methyl sites for hydroxylation is 1. The van der Waals surface area contributed by atoms with Crippen molar-refractivity contribution in [3.8, 4) is 0 Å². The minimum atomic E-state index is 0.364. The summed E-state index contributed by atoms with van der Waals surface area (Å²) < 4.78 is 5.16. The molecule has 3 N–H and O–H groups in total. The summed E-state index contributed by atoms with van der Waals surface area (Å²) in [7, 11) is 1.66. The lowest BCUT2D eigenvalue weighted by atomic mass is 10.2. The van der Waals surface area contributed by atoms with Crippen LogP contribution in [0.2, 0.25) is 0 Å². The van der Waals surface area contributed by atoms with Crippen LogP contribution >= 0.6 is 0 Å². The molecule has 5 nitrogen and oxygen atoms in total. The fourth-order valence-corrected chi connectivity index (χ4v) is 1.95. The van der Waals surface area contributed by atoms with E-state index in [-0.39, 0.29) is 0 Å². The number of methoxy groups -OCH3 is 1. The van der Waals surface area contributed by atoms with Crippen LogP contribution in [0.1, 0.15) is 16.8 Å². The van der Waals surface area contributed by atoms with Crippen LogP contribution in [0, 0.1) is 6.92 Å². The highest BCUT2D eigenvalue weighted by Gasteiger charge is 2.03. The molecule has 2 rings (SSSR count). The highest BCUT2D eigenvalue weighted by atomic mass is 16.5. The molecule has 0 atom stereocenters. The summed E-state index contributed by atoms with van der Waals surface area (Å²) in [6, 6.07) is 11.8. The van der Waals surface area contributed by atoms with Gasteiger partial charge in [-0.3, -0.25) is 4.98 Å². The summed E-state index contributed by atoms with van der Waals surface area (Å²) in [5.41, 5.74) is 9.90.